The number of esters is 1. The van der Waals surface area contributed by atoms with Gasteiger partial charge >= 0.3 is 12.3 Å². The van der Waals surface area contributed by atoms with Gasteiger partial charge in [0.15, 0.2) is 17.4 Å². The van der Waals surface area contributed by atoms with Crippen molar-refractivity contribution in [3.8, 4) is 5.75 Å². The lowest BCUT2D eigenvalue weighted by Crippen LogP contribution is -2.32. The molecule has 4 aromatic rings. The summed E-state index contributed by atoms with van der Waals surface area (Å²) in [6, 6.07) is 21.7. The number of Topliss-reactive ketones (excluding diaryl/α,β-unsaturated/α-hetero) is 1. The summed E-state index contributed by atoms with van der Waals surface area (Å²) in [6.45, 7) is 5.70. The number of halogens is 3. The van der Waals surface area contributed by atoms with Crippen molar-refractivity contribution in [1.29, 1.82) is 0 Å². The second-order valence-electron chi connectivity index (χ2n) is 11.0. The highest BCUT2D eigenvalue weighted by atomic mass is 19.4. The van der Waals surface area contributed by atoms with Gasteiger partial charge in [0, 0.05) is 11.1 Å². The minimum Gasteiger partial charge on any atom is -0.468 e. The van der Waals surface area contributed by atoms with Crippen LogP contribution in [0.1, 0.15) is 64.7 Å². The highest BCUT2D eigenvalue weighted by Gasteiger charge is 2.48. The lowest BCUT2D eigenvalue weighted by atomic mass is 9.91. The molecule has 0 aliphatic carbocycles. The molecular formula is C35H30F3N3O6. The molecule has 0 saturated carbocycles. The summed E-state index contributed by atoms with van der Waals surface area (Å²) in [6.07, 6.45) is -6.38. The Morgan fingerprint density at radius 2 is 1.51 bits per heavy atom. The van der Waals surface area contributed by atoms with Crippen molar-refractivity contribution in [2.45, 2.75) is 45.2 Å². The smallest absolute Gasteiger partial charge is 0.468 e. The van der Waals surface area contributed by atoms with Gasteiger partial charge in [-0.2, -0.15) is 5.10 Å². The molecule has 47 heavy (non-hydrogen) atoms. The van der Waals surface area contributed by atoms with Crippen LogP contribution in [0.5, 0.6) is 5.75 Å². The first kappa shape index (κ1) is 32.9. The van der Waals surface area contributed by atoms with Crippen molar-refractivity contribution < 1.29 is 41.8 Å². The molecule has 3 aromatic carbocycles. The van der Waals surface area contributed by atoms with Crippen molar-refractivity contribution >= 4 is 23.5 Å². The number of aryl methyl sites for hydroxylation is 1. The summed E-state index contributed by atoms with van der Waals surface area (Å²) < 4.78 is 54.1. The lowest BCUT2D eigenvalue weighted by molar-refractivity contribution is -0.274. The van der Waals surface area contributed by atoms with Gasteiger partial charge in [-0.05, 0) is 48.2 Å². The Morgan fingerprint density at radius 1 is 0.851 bits per heavy atom. The van der Waals surface area contributed by atoms with Crippen molar-refractivity contribution in [2.24, 2.45) is 0 Å². The predicted molar refractivity (Wildman–Crippen MR) is 164 cm³/mol. The normalized spacial score (nSPS) is 15.5. The maximum absolute atomic E-state index is 14.5. The van der Waals surface area contributed by atoms with E-state index in [2.05, 4.69) is 14.9 Å². The topological polar surface area (TPSA) is 108 Å². The predicted octanol–water partition coefficient (Wildman–Crippen LogP) is 6.96. The average Bonchev–Trinajstić information content (AvgIpc) is 3.34. The number of aromatic nitrogens is 2. The largest absolute Gasteiger partial charge is 0.573 e. The molecule has 0 N–H and O–H groups in total. The molecule has 2 atom stereocenters. The van der Waals surface area contributed by atoms with Crippen LogP contribution in [0.15, 0.2) is 102 Å². The second-order valence-corrected chi connectivity index (χ2v) is 11.0. The molecule has 0 fully saturated rings. The number of carbonyl (C=O) groups is 3. The van der Waals surface area contributed by atoms with Crippen LogP contribution in [-0.4, -0.2) is 41.3 Å². The van der Waals surface area contributed by atoms with Crippen molar-refractivity contribution in [1.82, 2.24) is 10.2 Å². The average molecular weight is 646 g/mol. The first-order chi connectivity index (χ1) is 22.4. The Bertz CT molecular complexity index is 1790. The molecule has 9 nitrogen and oxygen atoms in total. The van der Waals surface area contributed by atoms with Crippen molar-refractivity contribution in [3.63, 3.8) is 0 Å². The molecule has 2 heterocycles. The van der Waals surface area contributed by atoms with E-state index in [1.807, 2.05) is 13.8 Å². The Kier molecular flexibility index (Phi) is 9.41. The lowest BCUT2D eigenvalue weighted by Gasteiger charge is -2.26. The number of nitrogens with zero attached hydrogens (tertiary/aromatic N) is 3. The third-order valence-corrected chi connectivity index (χ3v) is 7.49. The number of carbonyl (C=O) groups excluding carboxylic acids is 3. The third-order valence-electron chi connectivity index (χ3n) is 7.49. The number of rotatable bonds is 10. The molecule has 1 amide bonds. The van der Waals surface area contributed by atoms with E-state index in [0.29, 0.717) is 11.3 Å². The fourth-order valence-corrected chi connectivity index (χ4v) is 5.14. The highest BCUT2D eigenvalue weighted by Crippen LogP contribution is 2.44. The molecule has 1 aromatic heterocycles. The van der Waals surface area contributed by atoms with Gasteiger partial charge in [0.25, 0.3) is 5.91 Å². The minimum atomic E-state index is -4.93. The van der Waals surface area contributed by atoms with Crippen LogP contribution in [0.3, 0.4) is 0 Å². The summed E-state index contributed by atoms with van der Waals surface area (Å²) in [4.78, 5) is 43.1. The molecule has 12 heteroatoms. The molecule has 1 aliphatic rings. The zero-order valence-electron chi connectivity index (χ0n) is 25.8. The van der Waals surface area contributed by atoms with Gasteiger partial charge in [-0.3, -0.25) is 14.5 Å². The van der Waals surface area contributed by atoms with Crippen LogP contribution < -0.4 is 9.64 Å². The van der Waals surface area contributed by atoms with Gasteiger partial charge in [0.2, 0.25) is 6.10 Å². The van der Waals surface area contributed by atoms with E-state index in [0.717, 1.165) is 29.7 Å². The Morgan fingerprint density at radius 3 is 2.06 bits per heavy atom. The molecule has 0 radical (unpaired) electrons. The molecule has 242 valence electrons. The molecule has 0 bridgehead atoms. The molecule has 0 saturated heterocycles. The van der Waals surface area contributed by atoms with E-state index in [4.69, 9.17) is 9.47 Å². The monoisotopic (exact) mass is 645 g/mol. The summed E-state index contributed by atoms with van der Waals surface area (Å²) in [7, 11) is 1.16. The van der Waals surface area contributed by atoms with Gasteiger partial charge in [-0.15, -0.1) is 18.3 Å². The standard InChI is InChI=1S/C35H30F3N3O6/c1-20(2)22-11-13-24(14-12-22)30(42)28-29(23-15-17-26(18-16-23)47-35(36,37)38)41(27-19-10-21(3)39-40-27)33(43)32(28)46-31(34(44)45-4)25-8-6-5-7-9-25/h5-20,29,31H,1-4H3/t29-,31?/m1/s1. The maximum atomic E-state index is 14.5. The van der Waals surface area contributed by atoms with Crippen LogP contribution in [0, 0.1) is 6.92 Å². The number of ether oxygens (including phenoxy) is 3. The molecule has 1 aliphatic heterocycles. The maximum Gasteiger partial charge on any atom is 0.573 e. The number of alkyl halides is 3. The Balaban J connectivity index is 1.72. The molecule has 1 unspecified atom stereocenters. The first-order valence-corrected chi connectivity index (χ1v) is 14.6. The number of methoxy groups -OCH3 is 1. The molecule has 0 spiro atoms. The Labute approximate surface area is 268 Å². The van der Waals surface area contributed by atoms with Crippen LogP contribution >= 0.6 is 0 Å². The van der Waals surface area contributed by atoms with Gasteiger partial charge in [0.1, 0.15) is 5.75 Å². The summed E-state index contributed by atoms with van der Waals surface area (Å²) in [5.74, 6) is -3.00. The van der Waals surface area contributed by atoms with Crippen molar-refractivity contribution in [2.75, 3.05) is 12.0 Å². The SMILES string of the molecule is COC(=O)C(OC1=C(C(=O)c2ccc(C(C)C)cc2)[C@@H](c2ccc(OC(F)(F)F)cc2)N(c2ccc(C)nn2)C1=O)c1ccccc1. The van der Waals surface area contributed by atoms with E-state index < -0.39 is 47.7 Å². The van der Waals surface area contributed by atoms with Crippen LogP contribution in [0.25, 0.3) is 0 Å². The van der Waals surface area contributed by atoms with E-state index in [1.54, 1.807) is 67.6 Å². The van der Waals surface area contributed by atoms with E-state index in [1.165, 1.54) is 18.2 Å². The number of benzene rings is 3. The highest BCUT2D eigenvalue weighted by molar-refractivity contribution is 6.21. The van der Waals surface area contributed by atoms with Gasteiger partial charge < -0.3 is 14.2 Å². The van der Waals surface area contributed by atoms with Crippen LogP contribution in [0.2, 0.25) is 0 Å². The quantitative estimate of drug-likeness (QED) is 0.135. The number of hydrogen-bond donors (Lipinski definition) is 0. The Hall–Kier alpha value is -5.52. The second kappa shape index (κ2) is 13.5. The van der Waals surface area contributed by atoms with E-state index in [-0.39, 0.29) is 28.4 Å². The number of amides is 1. The third kappa shape index (κ3) is 7.16. The zero-order valence-corrected chi connectivity index (χ0v) is 25.8. The number of hydrogen-bond acceptors (Lipinski definition) is 8. The number of anilines is 1. The zero-order chi connectivity index (χ0) is 33.9. The van der Waals surface area contributed by atoms with Crippen LogP contribution in [0.4, 0.5) is 19.0 Å². The first-order valence-electron chi connectivity index (χ1n) is 14.6. The van der Waals surface area contributed by atoms with E-state index in [9.17, 15) is 27.6 Å². The minimum absolute atomic E-state index is 0.0367. The van der Waals surface area contributed by atoms with Crippen molar-refractivity contribution in [3.05, 3.63) is 130 Å². The fraction of sp³-hybridized carbons (Fsp3) is 0.229. The van der Waals surface area contributed by atoms with Gasteiger partial charge in [-0.25, -0.2) is 4.79 Å². The van der Waals surface area contributed by atoms with Gasteiger partial charge in [-0.1, -0.05) is 80.6 Å². The van der Waals surface area contributed by atoms with Crippen LogP contribution in [-0.2, 0) is 19.1 Å². The summed E-state index contributed by atoms with van der Waals surface area (Å²) in [5, 5.41) is 8.23. The summed E-state index contributed by atoms with van der Waals surface area (Å²) in [5.41, 5.74) is 2.16. The van der Waals surface area contributed by atoms with E-state index >= 15 is 0 Å². The van der Waals surface area contributed by atoms with Gasteiger partial charge in [0.05, 0.1) is 24.4 Å². The molecule has 5 rings (SSSR count). The number of ketones is 1. The molecular weight excluding hydrogens is 615 g/mol. The summed E-state index contributed by atoms with van der Waals surface area (Å²) >= 11 is 0. The fourth-order valence-electron chi connectivity index (χ4n) is 5.14.